The van der Waals surface area contributed by atoms with E-state index in [1.54, 1.807) is 18.2 Å². The number of nitrogens with one attached hydrogen (secondary N) is 1. The van der Waals surface area contributed by atoms with Crippen molar-refractivity contribution in [2.75, 3.05) is 11.1 Å². The maximum Gasteiger partial charge on any atom is 0.255 e. The zero-order chi connectivity index (χ0) is 14.0. The van der Waals surface area contributed by atoms with Crippen LogP contribution >= 0.6 is 11.6 Å². The normalized spacial score (nSPS) is 10.3. The first-order valence-electron chi connectivity index (χ1n) is 5.91. The number of aryl methyl sites for hydroxylation is 2. The van der Waals surface area contributed by atoms with Crippen molar-refractivity contribution in [1.29, 1.82) is 0 Å². The molecule has 2 aromatic rings. The summed E-state index contributed by atoms with van der Waals surface area (Å²) in [6, 6.07) is 10.6. The summed E-state index contributed by atoms with van der Waals surface area (Å²) in [7, 11) is 0. The Hall–Kier alpha value is -2.00. The fourth-order valence-corrected chi connectivity index (χ4v) is 1.82. The van der Waals surface area contributed by atoms with Crippen molar-refractivity contribution in [1.82, 2.24) is 0 Å². The second-order valence-corrected chi connectivity index (χ2v) is 4.90. The number of nitrogens with two attached hydrogens (primary N) is 1. The minimum absolute atomic E-state index is 0.202. The van der Waals surface area contributed by atoms with Crippen LogP contribution in [0.3, 0.4) is 0 Å². The number of amides is 1. The maximum atomic E-state index is 12.1. The third kappa shape index (κ3) is 3.06. The Morgan fingerprint density at radius 1 is 1.11 bits per heavy atom. The summed E-state index contributed by atoms with van der Waals surface area (Å²) in [4.78, 5) is 12.1. The third-order valence-electron chi connectivity index (χ3n) is 3.02. The molecule has 0 saturated carbocycles. The smallest absolute Gasteiger partial charge is 0.255 e. The SMILES string of the molecule is Cc1ccc(NC(=O)c2ccc(Cl)c(N)c2)cc1C. The molecule has 3 nitrogen and oxygen atoms in total. The van der Waals surface area contributed by atoms with Crippen molar-refractivity contribution < 1.29 is 4.79 Å². The van der Waals surface area contributed by atoms with E-state index in [1.807, 2.05) is 32.0 Å². The summed E-state index contributed by atoms with van der Waals surface area (Å²) in [5.74, 6) is -0.202. The summed E-state index contributed by atoms with van der Waals surface area (Å²) in [6.07, 6.45) is 0. The molecule has 0 aliphatic heterocycles. The zero-order valence-corrected chi connectivity index (χ0v) is 11.6. The van der Waals surface area contributed by atoms with Gasteiger partial charge in [-0.2, -0.15) is 0 Å². The van der Waals surface area contributed by atoms with Crippen LogP contribution < -0.4 is 11.1 Å². The first-order valence-corrected chi connectivity index (χ1v) is 6.29. The molecule has 0 fully saturated rings. The topological polar surface area (TPSA) is 55.1 Å². The van der Waals surface area contributed by atoms with Gasteiger partial charge in [0.25, 0.3) is 5.91 Å². The Morgan fingerprint density at radius 3 is 2.47 bits per heavy atom. The number of benzene rings is 2. The highest BCUT2D eigenvalue weighted by Gasteiger charge is 2.08. The quantitative estimate of drug-likeness (QED) is 0.819. The number of hydrogen-bond donors (Lipinski definition) is 2. The molecule has 0 atom stereocenters. The molecule has 2 aromatic carbocycles. The first-order chi connectivity index (χ1) is 8.97. The van der Waals surface area contributed by atoms with Gasteiger partial charge in [0, 0.05) is 11.3 Å². The lowest BCUT2D eigenvalue weighted by Gasteiger charge is -2.08. The number of nitrogen functional groups attached to an aromatic ring is 1. The van der Waals surface area contributed by atoms with Gasteiger partial charge in [-0.05, 0) is 55.3 Å². The van der Waals surface area contributed by atoms with Gasteiger partial charge in [-0.15, -0.1) is 0 Å². The standard InChI is InChI=1S/C15H15ClN2O/c1-9-3-5-12(7-10(9)2)18-15(19)11-4-6-13(16)14(17)8-11/h3-8H,17H2,1-2H3,(H,18,19). The average molecular weight is 275 g/mol. The minimum Gasteiger partial charge on any atom is -0.398 e. The van der Waals surface area contributed by atoms with Crippen LogP contribution in [0.1, 0.15) is 21.5 Å². The van der Waals surface area contributed by atoms with Crippen molar-refractivity contribution in [3.05, 3.63) is 58.1 Å². The molecule has 98 valence electrons. The number of rotatable bonds is 2. The second-order valence-electron chi connectivity index (χ2n) is 4.49. The van der Waals surface area contributed by atoms with Crippen LogP contribution in [0.4, 0.5) is 11.4 Å². The molecule has 0 saturated heterocycles. The molecule has 0 heterocycles. The summed E-state index contributed by atoms with van der Waals surface area (Å²) in [5, 5.41) is 3.28. The van der Waals surface area contributed by atoms with Gasteiger partial charge in [-0.1, -0.05) is 17.7 Å². The van der Waals surface area contributed by atoms with Gasteiger partial charge in [0.1, 0.15) is 0 Å². The molecule has 0 spiro atoms. The van der Waals surface area contributed by atoms with Crippen LogP contribution in [0.5, 0.6) is 0 Å². The highest BCUT2D eigenvalue weighted by Crippen LogP contribution is 2.21. The van der Waals surface area contributed by atoms with Gasteiger partial charge in [0.2, 0.25) is 0 Å². The molecule has 1 amide bonds. The largest absolute Gasteiger partial charge is 0.398 e. The number of anilines is 2. The third-order valence-corrected chi connectivity index (χ3v) is 3.37. The Kier molecular flexibility index (Phi) is 3.76. The van der Waals surface area contributed by atoms with Crippen LogP contribution in [0.15, 0.2) is 36.4 Å². The summed E-state index contributed by atoms with van der Waals surface area (Å²) in [6.45, 7) is 4.03. The van der Waals surface area contributed by atoms with E-state index in [0.717, 1.165) is 11.3 Å². The van der Waals surface area contributed by atoms with E-state index in [9.17, 15) is 4.79 Å². The number of hydrogen-bond acceptors (Lipinski definition) is 2. The second kappa shape index (κ2) is 5.33. The van der Waals surface area contributed by atoms with Crippen molar-refractivity contribution in [2.45, 2.75) is 13.8 Å². The molecule has 0 unspecified atom stereocenters. The molecule has 2 rings (SSSR count). The molecule has 0 aliphatic rings. The van der Waals surface area contributed by atoms with Crippen LogP contribution in [0, 0.1) is 13.8 Å². The van der Waals surface area contributed by atoms with E-state index >= 15 is 0 Å². The number of halogens is 1. The Balaban J connectivity index is 2.20. The molecular formula is C15H15ClN2O. The molecule has 3 N–H and O–H groups in total. The highest BCUT2D eigenvalue weighted by atomic mass is 35.5. The van der Waals surface area contributed by atoms with Gasteiger partial charge in [-0.3, -0.25) is 4.79 Å². The Bertz CT molecular complexity index is 638. The number of carbonyl (C=O) groups excluding carboxylic acids is 1. The molecule has 0 aromatic heterocycles. The lowest BCUT2D eigenvalue weighted by atomic mass is 10.1. The average Bonchev–Trinajstić information content (AvgIpc) is 2.37. The van der Waals surface area contributed by atoms with E-state index in [1.165, 1.54) is 5.56 Å². The predicted octanol–water partition coefficient (Wildman–Crippen LogP) is 3.79. The summed E-state index contributed by atoms with van der Waals surface area (Å²) >= 11 is 5.83. The van der Waals surface area contributed by atoms with E-state index < -0.39 is 0 Å². The molecular weight excluding hydrogens is 260 g/mol. The van der Waals surface area contributed by atoms with Crippen LogP contribution in [0.2, 0.25) is 5.02 Å². The van der Waals surface area contributed by atoms with Gasteiger partial charge in [0.05, 0.1) is 10.7 Å². The van der Waals surface area contributed by atoms with Crippen molar-refractivity contribution in [3.8, 4) is 0 Å². The highest BCUT2D eigenvalue weighted by molar-refractivity contribution is 6.33. The maximum absolute atomic E-state index is 12.1. The zero-order valence-electron chi connectivity index (χ0n) is 10.8. The summed E-state index contributed by atoms with van der Waals surface area (Å²) in [5.41, 5.74) is 9.65. The first kappa shape index (κ1) is 13.4. The summed E-state index contributed by atoms with van der Waals surface area (Å²) < 4.78 is 0. The molecule has 4 heteroatoms. The van der Waals surface area contributed by atoms with Crippen LogP contribution in [0.25, 0.3) is 0 Å². The van der Waals surface area contributed by atoms with Crippen molar-refractivity contribution in [2.24, 2.45) is 0 Å². The van der Waals surface area contributed by atoms with Gasteiger partial charge < -0.3 is 11.1 Å². The Labute approximate surface area is 117 Å². The monoisotopic (exact) mass is 274 g/mol. The van der Waals surface area contributed by atoms with Gasteiger partial charge >= 0.3 is 0 Å². The molecule has 0 radical (unpaired) electrons. The van der Waals surface area contributed by atoms with Crippen LogP contribution in [-0.4, -0.2) is 5.91 Å². The number of carbonyl (C=O) groups is 1. The fourth-order valence-electron chi connectivity index (χ4n) is 1.71. The molecule has 0 aliphatic carbocycles. The van der Waals surface area contributed by atoms with E-state index in [0.29, 0.717) is 16.3 Å². The lowest BCUT2D eigenvalue weighted by Crippen LogP contribution is -2.12. The van der Waals surface area contributed by atoms with E-state index in [4.69, 9.17) is 17.3 Å². The van der Waals surface area contributed by atoms with Crippen molar-refractivity contribution in [3.63, 3.8) is 0 Å². The lowest BCUT2D eigenvalue weighted by molar-refractivity contribution is 0.102. The van der Waals surface area contributed by atoms with E-state index in [-0.39, 0.29) is 5.91 Å². The van der Waals surface area contributed by atoms with Gasteiger partial charge in [0.15, 0.2) is 0 Å². The molecule has 0 bridgehead atoms. The van der Waals surface area contributed by atoms with Crippen molar-refractivity contribution >= 4 is 28.9 Å². The van der Waals surface area contributed by atoms with Crippen LogP contribution in [-0.2, 0) is 0 Å². The minimum atomic E-state index is -0.202. The molecule has 19 heavy (non-hydrogen) atoms. The van der Waals surface area contributed by atoms with Gasteiger partial charge in [-0.25, -0.2) is 0 Å². The van der Waals surface area contributed by atoms with E-state index in [2.05, 4.69) is 5.32 Å². The predicted molar refractivity (Wildman–Crippen MR) is 79.7 cm³/mol. The Morgan fingerprint density at radius 2 is 1.84 bits per heavy atom. The fraction of sp³-hybridized carbons (Fsp3) is 0.133.